The van der Waals surface area contributed by atoms with Crippen molar-refractivity contribution >= 4 is 35.6 Å². The molecule has 2 rings (SSSR count). The number of thioether (sulfide) groups is 1. The molecule has 1 heterocycles. The van der Waals surface area contributed by atoms with Gasteiger partial charge in [-0.25, -0.2) is 4.79 Å². The van der Waals surface area contributed by atoms with E-state index in [9.17, 15) is 24.3 Å². The summed E-state index contributed by atoms with van der Waals surface area (Å²) >= 11 is 1.55. The Balaban J connectivity index is 2.10. The molecule has 1 saturated heterocycles. The van der Waals surface area contributed by atoms with Gasteiger partial charge in [0.05, 0.1) is 24.3 Å². The largest absolute Gasteiger partial charge is 0.444 e. The zero-order valence-electron chi connectivity index (χ0n) is 34.2. The van der Waals surface area contributed by atoms with E-state index in [1.807, 2.05) is 26.2 Å². The highest BCUT2D eigenvalue weighted by Gasteiger charge is 2.36. The van der Waals surface area contributed by atoms with Crippen LogP contribution in [-0.4, -0.2) is 89.5 Å². The fraction of sp³-hybridized carbons (Fsp3) is 0.756. The fourth-order valence-corrected chi connectivity index (χ4v) is 7.22. The van der Waals surface area contributed by atoms with Gasteiger partial charge in [0.2, 0.25) is 17.7 Å². The van der Waals surface area contributed by atoms with Gasteiger partial charge in [0.15, 0.2) is 0 Å². The van der Waals surface area contributed by atoms with Gasteiger partial charge in [0.25, 0.3) is 0 Å². The van der Waals surface area contributed by atoms with E-state index in [2.05, 4.69) is 59.4 Å². The maximum Gasteiger partial charge on any atom is 0.408 e. The van der Waals surface area contributed by atoms with E-state index in [4.69, 9.17) is 9.47 Å². The molecule has 0 unspecified atom stereocenters. The van der Waals surface area contributed by atoms with Gasteiger partial charge in [0, 0.05) is 12.5 Å². The highest BCUT2D eigenvalue weighted by Crippen LogP contribution is 2.28. The topological polar surface area (TPSA) is 155 Å². The first kappa shape index (κ1) is 46.3. The van der Waals surface area contributed by atoms with Crippen molar-refractivity contribution in [3.63, 3.8) is 0 Å². The summed E-state index contributed by atoms with van der Waals surface area (Å²) in [6, 6.07) is 7.83. The molecule has 5 N–H and O–H groups in total. The first-order valence-corrected chi connectivity index (χ1v) is 20.9. The summed E-state index contributed by atoms with van der Waals surface area (Å²) in [6.45, 7) is 19.5. The van der Waals surface area contributed by atoms with Crippen molar-refractivity contribution in [3.05, 3.63) is 35.9 Å². The van der Waals surface area contributed by atoms with E-state index in [1.165, 1.54) is 5.56 Å². The van der Waals surface area contributed by atoms with Crippen molar-refractivity contribution in [3.8, 4) is 0 Å². The van der Waals surface area contributed by atoms with Gasteiger partial charge >= 0.3 is 6.09 Å². The number of alkyl carbamates (subject to hydrolysis) is 1. The smallest absolute Gasteiger partial charge is 0.408 e. The Hall–Kier alpha value is -2.83. The average molecular weight is 763 g/mol. The van der Waals surface area contributed by atoms with Gasteiger partial charge in [-0.1, -0.05) is 78.8 Å². The predicted molar refractivity (Wildman–Crippen MR) is 213 cm³/mol. The molecule has 1 aliphatic heterocycles. The lowest BCUT2D eigenvalue weighted by Gasteiger charge is -2.37. The van der Waals surface area contributed by atoms with E-state index >= 15 is 0 Å². The van der Waals surface area contributed by atoms with Crippen molar-refractivity contribution in [2.24, 2.45) is 29.6 Å². The minimum Gasteiger partial charge on any atom is -0.444 e. The molecule has 1 fully saturated rings. The quantitative estimate of drug-likeness (QED) is 0.111. The highest BCUT2D eigenvalue weighted by molar-refractivity contribution is 7.98. The van der Waals surface area contributed by atoms with Crippen LogP contribution in [0, 0.1) is 29.6 Å². The van der Waals surface area contributed by atoms with E-state index in [-0.39, 0.29) is 42.2 Å². The Kier molecular flexibility index (Phi) is 19.7. The molecule has 302 valence electrons. The molecule has 0 aliphatic carbocycles. The van der Waals surface area contributed by atoms with Gasteiger partial charge < -0.3 is 35.8 Å². The van der Waals surface area contributed by atoms with Crippen LogP contribution in [-0.2, 0) is 30.3 Å². The number of carbonyl (C=O) groups is 4. The second-order valence-electron chi connectivity index (χ2n) is 16.9. The third-order valence-electron chi connectivity index (χ3n) is 9.64. The summed E-state index contributed by atoms with van der Waals surface area (Å²) in [5.74, 6) is -0.519. The Morgan fingerprint density at radius 2 is 1.55 bits per heavy atom. The molecule has 0 saturated carbocycles. The molecule has 0 bridgehead atoms. The number of nitrogens with one attached hydrogen (secondary N) is 4. The van der Waals surface area contributed by atoms with Crippen LogP contribution in [0.1, 0.15) is 107 Å². The normalized spacial score (nSPS) is 19.8. The van der Waals surface area contributed by atoms with Crippen LogP contribution < -0.4 is 21.3 Å². The number of ether oxygens (including phenoxy) is 2. The summed E-state index contributed by atoms with van der Waals surface area (Å²) in [6.07, 6.45) is 3.90. The summed E-state index contributed by atoms with van der Waals surface area (Å²) in [5.41, 5.74) is 0.571. The fourth-order valence-electron chi connectivity index (χ4n) is 6.75. The molecule has 1 aliphatic rings. The number of hydrogen-bond donors (Lipinski definition) is 5. The Bertz CT molecular complexity index is 1270. The number of aliphatic hydroxyl groups excluding tert-OH is 1. The molecular weight excluding hydrogens is 693 g/mol. The van der Waals surface area contributed by atoms with E-state index < -0.39 is 53.7 Å². The summed E-state index contributed by atoms with van der Waals surface area (Å²) in [4.78, 5) is 53.4. The lowest BCUT2D eigenvalue weighted by Crippen LogP contribution is -2.58. The van der Waals surface area contributed by atoms with Crippen LogP contribution >= 0.6 is 11.8 Å². The van der Waals surface area contributed by atoms with Gasteiger partial charge in [-0.05, 0) is 101 Å². The van der Waals surface area contributed by atoms with Gasteiger partial charge in [-0.15, -0.1) is 0 Å². The Morgan fingerprint density at radius 1 is 0.887 bits per heavy atom. The van der Waals surface area contributed by atoms with Crippen molar-refractivity contribution in [2.45, 2.75) is 150 Å². The minimum atomic E-state index is -1.00. The van der Waals surface area contributed by atoms with Crippen molar-refractivity contribution in [1.82, 2.24) is 21.3 Å². The lowest BCUT2D eigenvalue weighted by molar-refractivity contribution is -0.132. The molecule has 53 heavy (non-hydrogen) atoms. The molecule has 11 nitrogen and oxygen atoms in total. The van der Waals surface area contributed by atoms with Crippen LogP contribution in [0.25, 0.3) is 0 Å². The van der Waals surface area contributed by atoms with E-state index in [0.29, 0.717) is 31.1 Å². The van der Waals surface area contributed by atoms with Crippen LogP contribution in [0.3, 0.4) is 0 Å². The van der Waals surface area contributed by atoms with Crippen molar-refractivity contribution < 1.29 is 33.8 Å². The van der Waals surface area contributed by atoms with E-state index in [1.54, 1.807) is 53.3 Å². The third kappa shape index (κ3) is 17.0. The first-order valence-electron chi connectivity index (χ1n) is 19.5. The molecule has 0 spiro atoms. The number of aliphatic hydroxyl groups is 1. The van der Waals surface area contributed by atoms with Crippen molar-refractivity contribution in [2.75, 3.05) is 18.6 Å². The second kappa shape index (κ2) is 22.5. The second-order valence-corrected chi connectivity index (χ2v) is 17.9. The summed E-state index contributed by atoms with van der Waals surface area (Å²) < 4.78 is 11.6. The van der Waals surface area contributed by atoms with Crippen LogP contribution in [0.15, 0.2) is 30.3 Å². The van der Waals surface area contributed by atoms with Gasteiger partial charge in [-0.2, -0.15) is 11.8 Å². The lowest BCUT2D eigenvalue weighted by atomic mass is 9.84. The van der Waals surface area contributed by atoms with Gasteiger partial charge in [0.1, 0.15) is 17.7 Å². The van der Waals surface area contributed by atoms with Crippen LogP contribution in [0.4, 0.5) is 4.79 Å². The third-order valence-corrected chi connectivity index (χ3v) is 10.3. The van der Waals surface area contributed by atoms with Crippen molar-refractivity contribution in [1.29, 1.82) is 0 Å². The number of carbonyl (C=O) groups excluding carboxylic acids is 4. The number of benzene rings is 1. The molecule has 12 heteroatoms. The van der Waals surface area contributed by atoms with Crippen LogP contribution in [0.5, 0.6) is 0 Å². The number of rotatable bonds is 20. The molecule has 0 aromatic heterocycles. The standard InChI is InChI=1S/C41H70N4O7S/c1-25(2)21-32(43-38(48)31(18-20-53-11)42-39(49)36(27(5)6)45-40(50)52-41(8,9)10)33(46)22-28(7)37(47)44-35(26(3)4)34-24-30(17-19-51-34)23-29-15-13-12-14-16-29/h12-16,25-28,30-36,46H,17-24H2,1-11H3,(H,42,49)(H,43,48)(H,44,47)(H,45,50)/t28-,30+,31+,32+,33+,34+,35+,36+/m1/s1. The summed E-state index contributed by atoms with van der Waals surface area (Å²) in [7, 11) is 0. The zero-order valence-corrected chi connectivity index (χ0v) is 35.0. The number of amides is 4. The monoisotopic (exact) mass is 762 g/mol. The first-order chi connectivity index (χ1) is 24.8. The predicted octanol–water partition coefficient (Wildman–Crippen LogP) is 5.87. The molecule has 0 radical (unpaired) electrons. The Morgan fingerprint density at radius 3 is 2.11 bits per heavy atom. The molecular formula is C41H70N4O7S. The van der Waals surface area contributed by atoms with E-state index in [0.717, 1.165) is 19.3 Å². The number of hydrogen-bond acceptors (Lipinski definition) is 8. The molecule has 1 aromatic rings. The van der Waals surface area contributed by atoms with Crippen LogP contribution in [0.2, 0.25) is 0 Å². The summed E-state index contributed by atoms with van der Waals surface area (Å²) in [5, 5.41) is 23.3. The minimum absolute atomic E-state index is 0.102. The molecule has 1 aromatic carbocycles. The SMILES string of the molecule is CSCC[C@H](NC(=O)[C@@H](NC(=O)OC(C)(C)C)C(C)C)C(=O)N[C@@H](CC(C)C)[C@@H](O)C[C@@H](C)C(=O)N[C@@H](C(C)C)[C@@H]1C[C@H](Cc2ccccc2)CCO1. The molecule has 8 atom stereocenters. The molecule has 4 amide bonds. The maximum absolute atomic E-state index is 13.8. The zero-order chi connectivity index (χ0) is 39.9. The Labute approximate surface area is 323 Å². The highest BCUT2D eigenvalue weighted by atomic mass is 32.2. The maximum atomic E-state index is 13.8. The van der Waals surface area contributed by atoms with Gasteiger partial charge in [-0.3, -0.25) is 14.4 Å². The average Bonchev–Trinajstić information content (AvgIpc) is 3.06.